The first kappa shape index (κ1) is 17.8. The van der Waals surface area contributed by atoms with E-state index in [-0.39, 0.29) is 0 Å². The number of aromatic nitrogens is 3. The van der Waals surface area contributed by atoms with Crippen LogP contribution >= 0.6 is 11.8 Å². The Balaban J connectivity index is 1.66. The molecule has 1 aliphatic carbocycles. The summed E-state index contributed by atoms with van der Waals surface area (Å²) in [4.78, 5) is 15.1. The Bertz CT molecular complexity index is 894. The van der Waals surface area contributed by atoms with Crippen molar-refractivity contribution in [3.8, 4) is 11.4 Å². The lowest BCUT2D eigenvalue weighted by atomic mass is 10.2. The van der Waals surface area contributed by atoms with Gasteiger partial charge in [0, 0.05) is 28.9 Å². The van der Waals surface area contributed by atoms with E-state index in [1.807, 2.05) is 36.4 Å². The highest BCUT2D eigenvalue weighted by molar-refractivity contribution is 7.98. The van der Waals surface area contributed by atoms with Gasteiger partial charge in [-0.3, -0.25) is 4.98 Å². The van der Waals surface area contributed by atoms with Gasteiger partial charge in [0.1, 0.15) is 5.82 Å². The van der Waals surface area contributed by atoms with Crippen LogP contribution in [-0.2, 0) is 0 Å². The van der Waals surface area contributed by atoms with E-state index in [4.69, 9.17) is 9.97 Å². The molecule has 0 unspecified atom stereocenters. The minimum Gasteiger partial charge on any atom is -0.351 e. The average Bonchev–Trinajstić information content (AvgIpc) is 3.21. The van der Waals surface area contributed by atoms with Crippen LogP contribution in [0.4, 0.5) is 17.5 Å². The second-order valence-corrected chi connectivity index (χ2v) is 7.54. The van der Waals surface area contributed by atoms with E-state index >= 15 is 0 Å². The summed E-state index contributed by atoms with van der Waals surface area (Å²) in [7, 11) is 0. The van der Waals surface area contributed by atoms with Crippen molar-refractivity contribution in [1.82, 2.24) is 15.0 Å². The van der Waals surface area contributed by atoms with Gasteiger partial charge in [-0.2, -0.15) is 4.98 Å². The minimum atomic E-state index is 0.455. The molecule has 2 heterocycles. The van der Waals surface area contributed by atoms with Gasteiger partial charge in [0.2, 0.25) is 5.95 Å². The maximum Gasteiger partial charge on any atom is 0.225 e. The van der Waals surface area contributed by atoms with Crippen LogP contribution in [0.3, 0.4) is 0 Å². The average molecular weight is 378 g/mol. The second kappa shape index (κ2) is 8.39. The number of rotatable bonds is 6. The van der Waals surface area contributed by atoms with Gasteiger partial charge in [-0.15, -0.1) is 11.8 Å². The van der Waals surface area contributed by atoms with Crippen molar-refractivity contribution in [3.63, 3.8) is 0 Å². The lowest BCUT2D eigenvalue weighted by Gasteiger charge is -2.15. The van der Waals surface area contributed by atoms with Crippen molar-refractivity contribution >= 4 is 29.2 Å². The molecule has 27 heavy (non-hydrogen) atoms. The fourth-order valence-electron chi connectivity index (χ4n) is 3.32. The zero-order chi connectivity index (χ0) is 18.5. The molecule has 0 radical (unpaired) electrons. The molecule has 0 aliphatic heterocycles. The molecule has 1 aromatic carbocycles. The highest BCUT2D eigenvalue weighted by Gasteiger charge is 2.17. The molecule has 1 fully saturated rings. The molecule has 0 spiro atoms. The molecular weight excluding hydrogens is 354 g/mol. The Kier molecular flexibility index (Phi) is 5.53. The van der Waals surface area contributed by atoms with Crippen LogP contribution in [0.2, 0.25) is 0 Å². The summed E-state index contributed by atoms with van der Waals surface area (Å²) in [6, 6.07) is 16.6. The molecule has 0 atom stereocenters. The van der Waals surface area contributed by atoms with Crippen LogP contribution in [0.25, 0.3) is 11.4 Å². The first-order valence-corrected chi connectivity index (χ1v) is 10.5. The van der Waals surface area contributed by atoms with Crippen LogP contribution in [0.15, 0.2) is 59.6 Å². The summed E-state index contributed by atoms with van der Waals surface area (Å²) in [5.41, 5.74) is 2.67. The molecule has 3 aromatic rings. The summed E-state index contributed by atoms with van der Waals surface area (Å²) in [6.45, 7) is 0. The molecule has 1 saturated carbocycles. The quantitative estimate of drug-likeness (QED) is 0.564. The van der Waals surface area contributed by atoms with Crippen LogP contribution in [0, 0.1) is 0 Å². The van der Waals surface area contributed by atoms with E-state index in [1.165, 1.54) is 30.6 Å². The first-order valence-electron chi connectivity index (χ1n) is 9.28. The number of pyridine rings is 1. The fraction of sp³-hybridized carbons (Fsp3) is 0.286. The number of hydrogen-bond donors (Lipinski definition) is 2. The highest BCUT2D eigenvalue weighted by Crippen LogP contribution is 2.26. The van der Waals surface area contributed by atoms with Gasteiger partial charge in [0.05, 0.1) is 11.4 Å². The third-order valence-corrected chi connectivity index (χ3v) is 5.41. The zero-order valence-corrected chi connectivity index (χ0v) is 16.2. The molecule has 138 valence electrons. The Labute approximate surface area is 164 Å². The third kappa shape index (κ3) is 4.57. The lowest BCUT2D eigenvalue weighted by molar-refractivity contribution is 0.744. The van der Waals surface area contributed by atoms with Gasteiger partial charge in [-0.1, -0.05) is 25.0 Å². The van der Waals surface area contributed by atoms with Crippen molar-refractivity contribution < 1.29 is 0 Å². The Hall–Kier alpha value is -2.60. The number of anilines is 3. The molecule has 2 N–H and O–H groups in total. The topological polar surface area (TPSA) is 62.7 Å². The van der Waals surface area contributed by atoms with Gasteiger partial charge in [-0.25, -0.2) is 4.98 Å². The maximum atomic E-state index is 4.71. The normalized spacial score (nSPS) is 14.3. The number of thioether (sulfide) groups is 1. The predicted octanol–water partition coefficient (Wildman–Crippen LogP) is 5.36. The summed E-state index contributed by atoms with van der Waals surface area (Å²) in [5, 5.41) is 6.93. The van der Waals surface area contributed by atoms with Crippen molar-refractivity contribution in [1.29, 1.82) is 0 Å². The van der Waals surface area contributed by atoms with E-state index < -0.39 is 0 Å². The van der Waals surface area contributed by atoms with Gasteiger partial charge in [0.15, 0.2) is 0 Å². The van der Waals surface area contributed by atoms with Gasteiger partial charge in [-0.05, 0) is 49.4 Å². The third-order valence-electron chi connectivity index (χ3n) is 4.68. The molecule has 1 aliphatic rings. The first-order chi connectivity index (χ1) is 13.3. The summed E-state index contributed by atoms with van der Waals surface area (Å²) in [6.07, 6.45) is 8.75. The maximum absolute atomic E-state index is 4.71. The smallest absolute Gasteiger partial charge is 0.225 e. The molecule has 2 aromatic heterocycles. The molecular formula is C21H23N5S. The van der Waals surface area contributed by atoms with E-state index in [9.17, 15) is 0 Å². The monoisotopic (exact) mass is 377 g/mol. The number of nitrogens with one attached hydrogen (secondary N) is 2. The van der Waals surface area contributed by atoms with Crippen LogP contribution < -0.4 is 10.6 Å². The Morgan fingerprint density at radius 2 is 1.85 bits per heavy atom. The molecule has 0 bridgehead atoms. The van der Waals surface area contributed by atoms with Gasteiger partial charge >= 0.3 is 0 Å². The standard InChI is InChI=1S/C21H23N5S/c1-27-17-10-6-9-16(13-17)23-20-14-19(18-11-4-5-12-22-18)25-21(26-20)24-15-7-2-3-8-15/h4-6,9-15H,2-3,7-8H2,1H3,(H2,23,24,25,26). The number of benzene rings is 1. The second-order valence-electron chi connectivity index (χ2n) is 6.66. The van der Waals surface area contributed by atoms with E-state index in [0.29, 0.717) is 12.0 Å². The van der Waals surface area contributed by atoms with Crippen LogP contribution in [0.1, 0.15) is 25.7 Å². The summed E-state index contributed by atoms with van der Waals surface area (Å²) < 4.78 is 0. The van der Waals surface area contributed by atoms with Crippen molar-refractivity contribution in [2.24, 2.45) is 0 Å². The van der Waals surface area contributed by atoms with E-state index in [1.54, 1.807) is 18.0 Å². The van der Waals surface area contributed by atoms with E-state index in [2.05, 4.69) is 34.0 Å². The minimum absolute atomic E-state index is 0.455. The Morgan fingerprint density at radius 1 is 0.963 bits per heavy atom. The van der Waals surface area contributed by atoms with Crippen LogP contribution in [-0.4, -0.2) is 27.2 Å². The number of nitrogens with zero attached hydrogens (tertiary/aromatic N) is 3. The van der Waals surface area contributed by atoms with Crippen molar-refractivity contribution in [2.45, 2.75) is 36.6 Å². The van der Waals surface area contributed by atoms with Gasteiger partial charge in [0.25, 0.3) is 0 Å². The summed E-state index contributed by atoms with van der Waals surface area (Å²) >= 11 is 1.72. The molecule has 6 heteroatoms. The van der Waals surface area contributed by atoms with Crippen molar-refractivity contribution in [3.05, 3.63) is 54.7 Å². The predicted molar refractivity (Wildman–Crippen MR) is 113 cm³/mol. The highest BCUT2D eigenvalue weighted by atomic mass is 32.2. The fourth-order valence-corrected chi connectivity index (χ4v) is 3.78. The van der Waals surface area contributed by atoms with Crippen molar-refractivity contribution in [2.75, 3.05) is 16.9 Å². The SMILES string of the molecule is CSc1cccc(Nc2cc(-c3ccccn3)nc(NC3CCCC3)n2)c1. The zero-order valence-electron chi connectivity index (χ0n) is 15.4. The Morgan fingerprint density at radius 3 is 2.63 bits per heavy atom. The number of hydrogen-bond acceptors (Lipinski definition) is 6. The lowest BCUT2D eigenvalue weighted by Crippen LogP contribution is -2.17. The summed E-state index contributed by atoms with van der Waals surface area (Å²) in [5.74, 6) is 1.43. The molecule has 5 nitrogen and oxygen atoms in total. The van der Waals surface area contributed by atoms with Gasteiger partial charge < -0.3 is 10.6 Å². The molecule has 0 amide bonds. The van der Waals surface area contributed by atoms with Crippen LogP contribution in [0.5, 0.6) is 0 Å². The molecule has 4 rings (SSSR count). The van der Waals surface area contributed by atoms with E-state index in [0.717, 1.165) is 22.9 Å². The molecule has 0 saturated heterocycles. The largest absolute Gasteiger partial charge is 0.351 e.